The lowest BCUT2D eigenvalue weighted by Crippen LogP contribution is -2.29. The lowest BCUT2D eigenvalue weighted by atomic mass is 9.97. The molecule has 1 aliphatic heterocycles. The highest BCUT2D eigenvalue weighted by molar-refractivity contribution is 5.98. The van der Waals surface area contributed by atoms with Gasteiger partial charge in [0.05, 0.1) is 11.7 Å². The van der Waals surface area contributed by atoms with Crippen LogP contribution in [0.2, 0.25) is 0 Å². The fraction of sp³-hybridized carbons (Fsp3) is 0.318. The molecule has 160 valence electrons. The molecule has 3 N–H and O–H groups in total. The minimum absolute atomic E-state index is 0.236. The summed E-state index contributed by atoms with van der Waals surface area (Å²) in [6, 6.07) is 8.70. The van der Waals surface area contributed by atoms with Crippen LogP contribution in [0, 0.1) is 5.82 Å². The molecule has 0 bridgehead atoms. The van der Waals surface area contributed by atoms with Gasteiger partial charge in [-0.05, 0) is 44.0 Å². The van der Waals surface area contributed by atoms with Gasteiger partial charge in [0.15, 0.2) is 5.65 Å². The monoisotopic (exact) mass is 423 g/mol. The maximum absolute atomic E-state index is 13.4. The number of nitrogens with one attached hydrogen (secondary N) is 3. The number of hydrogen-bond acceptors (Lipinski definition) is 4. The fourth-order valence-corrected chi connectivity index (χ4v) is 4.04. The predicted octanol–water partition coefficient (Wildman–Crippen LogP) is 3.03. The third kappa shape index (κ3) is 3.72. The van der Waals surface area contributed by atoms with Crippen LogP contribution >= 0.6 is 0 Å². The summed E-state index contributed by atoms with van der Waals surface area (Å²) in [7, 11) is 0. The number of nitrogens with zero attached hydrogens (tertiary/aromatic N) is 2. The van der Waals surface area contributed by atoms with Crippen molar-refractivity contribution in [2.45, 2.75) is 31.7 Å². The van der Waals surface area contributed by atoms with Gasteiger partial charge in [0.25, 0.3) is 11.5 Å². The summed E-state index contributed by atoms with van der Waals surface area (Å²) in [6.45, 7) is 3.18. The molecule has 4 heterocycles. The number of aromatic nitrogens is 4. The predicted molar refractivity (Wildman–Crippen MR) is 113 cm³/mol. The van der Waals surface area contributed by atoms with E-state index in [1.54, 1.807) is 19.1 Å². The van der Waals surface area contributed by atoms with E-state index in [1.165, 1.54) is 22.7 Å². The highest BCUT2D eigenvalue weighted by atomic mass is 19.1. The van der Waals surface area contributed by atoms with E-state index < -0.39 is 6.04 Å². The molecule has 1 aliphatic rings. The van der Waals surface area contributed by atoms with Gasteiger partial charge >= 0.3 is 0 Å². The van der Waals surface area contributed by atoms with Crippen LogP contribution < -0.4 is 10.9 Å². The molecule has 4 aromatic rings. The summed E-state index contributed by atoms with van der Waals surface area (Å²) in [4.78, 5) is 32.9. The largest absolute Gasteiger partial charge is 0.381 e. The van der Waals surface area contributed by atoms with E-state index in [4.69, 9.17) is 4.74 Å². The Morgan fingerprint density at radius 3 is 2.87 bits per heavy atom. The van der Waals surface area contributed by atoms with Crippen molar-refractivity contribution in [1.82, 2.24) is 24.9 Å². The minimum atomic E-state index is -0.491. The van der Waals surface area contributed by atoms with Crippen molar-refractivity contribution in [2.24, 2.45) is 0 Å². The molecule has 1 aromatic carbocycles. The molecule has 9 heteroatoms. The number of ether oxygens (including phenoxy) is 1. The molecule has 1 saturated heterocycles. The van der Waals surface area contributed by atoms with Gasteiger partial charge < -0.3 is 15.0 Å². The van der Waals surface area contributed by atoms with Crippen molar-refractivity contribution in [3.63, 3.8) is 0 Å². The van der Waals surface area contributed by atoms with Crippen molar-refractivity contribution < 1.29 is 13.9 Å². The van der Waals surface area contributed by atoms with Crippen LogP contribution in [0.15, 0.2) is 41.2 Å². The SMILES string of the molecule is C[C@@H](NC(=O)c1cc2cc(F)ccc2[nH]1)c1cc(=O)n2[nH]c(C3CCOCC3)cc2n1. The molecule has 1 atom stereocenters. The van der Waals surface area contributed by atoms with Gasteiger partial charge in [-0.1, -0.05) is 0 Å². The number of carbonyl (C=O) groups is 1. The molecule has 0 aliphatic carbocycles. The standard InChI is InChI=1S/C22H22FN5O3/c1-12(24-22(30)19-9-14-8-15(23)2-3-16(14)25-19)17-11-21(29)28-20(26-17)10-18(27-28)13-4-6-31-7-5-13/h2-3,8-13,25,27H,4-7H2,1H3,(H,24,30)/t12-/m1/s1. The number of benzene rings is 1. The van der Waals surface area contributed by atoms with Crippen molar-refractivity contribution in [3.05, 3.63) is 69.7 Å². The third-order valence-corrected chi connectivity index (χ3v) is 5.77. The summed E-state index contributed by atoms with van der Waals surface area (Å²) >= 11 is 0. The number of H-pyrrole nitrogens is 2. The van der Waals surface area contributed by atoms with E-state index in [0.29, 0.717) is 47.1 Å². The second-order valence-corrected chi connectivity index (χ2v) is 7.92. The first-order valence-corrected chi connectivity index (χ1v) is 10.3. The van der Waals surface area contributed by atoms with E-state index in [9.17, 15) is 14.0 Å². The molecule has 0 radical (unpaired) electrons. The van der Waals surface area contributed by atoms with Crippen LogP contribution in [-0.2, 0) is 4.74 Å². The van der Waals surface area contributed by atoms with Crippen molar-refractivity contribution in [2.75, 3.05) is 13.2 Å². The quantitative estimate of drug-likeness (QED) is 0.469. The van der Waals surface area contributed by atoms with Gasteiger partial charge in [-0.15, -0.1) is 0 Å². The molecule has 8 nitrogen and oxygen atoms in total. The van der Waals surface area contributed by atoms with Crippen molar-refractivity contribution in [1.29, 1.82) is 0 Å². The molecular weight excluding hydrogens is 401 g/mol. The zero-order valence-electron chi connectivity index (χ0n) is 16.9. The van der Waals surface area contributed by atoms with Gasteiger partial charge in [0, 0.05) is 47.9 Å². The number of rotatable bonds is 4. The Hall–Kier alpha value is -3.46. The number of hydrogen-bond donors (Lipinski definition) is 3. The Morgan fingerprint density at radius 1 is 1.26 bits per heavy atom. The van der Waals surface area contributed by atoms with Crippen LogP contribution in [-0.4, -0.2) is 38.7 Å². The number of carbonyl (C=O) groups excluding carboxylic acids is 1. The molecule has 0 saturated carbocycles. The molecular formula is C22H22FN5O3. The zero-order chi connectivity index (χ0) is 21.5. The van der Waals surface area contributed by atoms with E-state index in [1.807, 2.05) is 6.07 Å². The van der Waals surface area contributed by atoms with Crippen LogP contribution in [0.5, 0.6) is 0 Å². The smallest absolute Gasteiger partial charge is 0.272 e. The van der Waals surface area contributed by atoms with Crippen LogP contribution in [0.25, 0.3) is 16.6 Å². The molecule has 5 rings (SSSR count). The Bertz CT molecular complexity index is 1330. The normalized spacial score (nSPS) is 16.1. The average molecular weight is 423 g/mol. The first kappa shape index (κ1) is 19.5. The maximum Gasteiger partial charge on any atom is 0.272 e. The summed E-state index contributed by atoms with van der Waals surface area (Å²) in [6.07, 6.45) is 1.80. The molecule has 1 amide bonds. The Labute approximate surface area is 176 Å². The second-order valence-electron chi connectivity index (χ2n) is 7.92. The summed E-state index contributed by atoms with van der Waals surface area (Å²) in [5, 5.41) is 6.61. The molecule has 3 aromatic heterocycles. The van der Waals surface area contributed by atoms with E-state index >= 15 is 0 Å². The Kier molecular flexibility index (Phi) is 4.82. The highest BCUT2D eigenvalue weighted by Crippen LogP contribution is 2.26. The second kappa shape index (κ2) is 7.66. The molecule has 0 spiro atoms. The van der Waals surface area contributed by atoms with Crippen LogP contribution in [0.1, 0.15) is 53.6 Å². The maximum atomic E-state index is 13.4. The third-order valence-electron chi connectivity index (χ3n) is 5.77. The highest BCUT2D eigenvalue weighted by Gasteiger charge is 2.20. The molecule has 1 fully saturated rings. The van der Waals surface area contributed by atoms with Gasteiger partial charge in [-0.2, -0.15) is 0 Å². The molecule has 0 unspecified atom stereocenters. The van der Waals surface area contributed by atoms with Gasteiger partial charge in [0.2, 0.25) is 0 Å². The van der Waals surface area contributed by atoms with Crippen molar-refractivity contribution >= 4 is 22.5 Å². The lowest BCUT2D eigenvalue weighted by molar-refractivity contribution is 0.0844. The lowest BCUT2D eigenvalue weighted by Gasteiger charge is -2.20. The summed E-state index contributed by atoms with van der Waals surface area (Å²) in [5.74, 6) is -0.415. The number of amides is 1. The first-order chi connectivity index (χ1) is 15.0. The van der Waals surface area contributed by atoms with Crippen LogP contribution in [0.4, 0.5) is 4.39 Å². The van der Waals surface area contributed by atoms with Crippen LogP contribution in [0.3, 0.4) is 0 Å². The Balaban J connectivity index is 1.38. The molecule has 31 heavy (non-hydrogen) atoms. The van der Waals surface area contributed by atoms with Gasteiger partial charge in [-0.3, -0.25) is 14.7 Å². The van der Waals surface area contributed by atoms with E-state index in [2.05, 4.69) is 20.4 Å². The van der Waals surface area contributed by atoms with Gasteiger partial charge in [0.1, 0.15) is 11.5 Å². The van der Waals surface area contributed by atoms with Crippen molar-refractivity contribution in [3.8, 4) is 0 Å². The van der Waals surface area contributed by atoms with E-state index in [-0.39, 0.29) is 17.3 Å². The Morgan fingerprint density at radius 2 is 2.06 bits per heavy atom. The summed E-state index contributed by atoms with van der Waals surface area (Å²) < 4.78 is 20.2. The first-order valence-electron chi connectivity index (χ1n) is 10.3. The number of fused-ring (bicyclic) bond motifs is 2. The average Bonchev–Trinajstić information content (AvgIpc) is 3.38. The topological polar surface area (TPSA) is 104 Å². The number of halogens is 1. The van der Waals surface area contributed by atoms with Gasteiger partial charge in [-0.25, -0.2) is 13.9 Å². The minimum Gasteiger partial charge on any atom is -0.381 e. The summed E-state index contributed by atoms with van der Waals surface area (Å²) in [5.41, 5.74) is 2.70. The number of aromatic amines is 2. The fourth-order valence-electron chi connectivity index (χ4n) is 4.04. The zero-order valence-corrected chi connectivity index (χ0v) is 16.9. The van der Waals surface area contributed by atoms with E-state index in [0.717, 1.165) is 18.5 Å².